The number of rotatable bonds is 8. The zero-order chi connectivity index (χ0) is 18.2. The second kappa shape index (κ2) is 9.02. The van der Waals surface area contributed by atoms with Crippen LogP contribution in [0.3, 0.4) is 0 Å². The fourth-order valence-corrected chi connectivity index (χ4v) is 1.68. The number of carbonyl (C=O) groups is 3. The molecule has 1 N–H and O–H groups in total. The van der Waals surface area contributed by atoms with E-state index in [0.717, 1.165) is 0 Å². The van der Waals surface area contributed by atoms with Gasteiger partial charge >= 0.3 is 12.1 Å². The Morgan fingerprint density at radius 3 is 2.54 bits per heavy atom. The molecule has 0 saturated carbocycles. The fraction of sp³-hybridized carbons (Fsp3) is 0.600. The predicted molar refractivity (Wildman–Crippen MR) is 83.2 cm³/mol. The van der Waals surface area contributed by atoms with Gasteiger partial charge in [-0.05, 0) is 20.8 Å². The van der Waals surface area contributed by atoms with E-state index in [0.29, 0.717) is 0 Å². The minimum atomic E-state index is -1.06. The Bertz CT molecular complexity index is 550. The Balaban J connectivity index is 2.44. The van der Waals surface area contributed by atoms with E-state index in [9.17, 15) is 14.4 Å². The van der Waals surface area contributed by atoms with Crippen molar-refractivity contribution in [3.8, 4) is 0 Å². The molecule has 9 nitrogen and oxygen atoms in total. The Labute approximate surface area is 140 Å². The number of amides is 1. The third-order valence-electron chi connectivity index (χ3n) is 2.64. The standard InChI is InChI=1S/C15H23N3O6/c1-15(2,3)24-14(21)17-12(13(20)22-4)9-23-8-11(19)7-18-6-5-16-10-18/h5-6,10,12H,7-9H2,1-4H3,(H,17,21)/t12-/m0/s1. The number of imidazole rings is 1. The molecule has 0 aliphatic carbocycles. The maximum absolute atomic E-state index is 11.7. The number of hydrogen-bond acceptors (Lipinski definition) is 7. The highest BCUT2D eigenvalue weighted by Gasteiger charge is 2.25. The van der Waals surface area contributed by atoms with E-state index in [1.165, 1.54) is 13.4 Å². The number of aromatic nitrogens is 2. The number of methoxy groups -OCH3 is 1. The number of Topliss-reactive ketones (excluding diaryl/α,β-unsaturated/α-hetero) is 1. The van der Waals surface area contributed by atoms with Crippen LogP contribution < -0.4 is 5.32 Å². The fourth-order valence-electron chi connectivity index (χ4n) is 1.68. The molecule has 134 valence electrons. The number of ketones is 1. The lowest BCUT2D eigenvalue weighted by Crippen LogP contribution is -2.46. The van der Waals surface area contributed by atoms with Gasteiger partial charge in [-0.3, -0.25) is 4.79 Å². The topological polar surface area (TPSA) is 109 Å². The number of ether oxygens (including phenoxy) is 3. The van der Waals surface area contributed by atoms with Crippen LogP contribution in [0.25, 0.3) is 0 Å². The molecule has 0 unspecified atom stereocenters. The lowest BCUT2D eigenvalue weighted by molar-refractivity contribution is -0.145. The van der Waals surface area contributed by atoms with E-state index >= 15 is 0 Å². The molecule has 0 aliphatic rings. The summed E-state index contributed by atoms with van der Waals surface area (Å²) in [5.41, 5.74) is -0.702. The highest BCUT2D eigenvalue weighted by atomic mass is 16.6. The van der Waals surface area contributed by atoms with Crippen LogP contribution in [-0.2, 0) is 30.3 Å². The van der Waals surface area contributed by atoms with Crippen LogP contribution >= 0.6 is 0 Å². The van der Waals surface area contributed by atoms with Crippen molar-refractivity contribution in [1.82, 2.24) is 14.9 Å². The van der Waals surface area contributed by atoms with Gasteiger partial charge in [-0.15, -0.1) is 0 Å². The van der Waals surface area contributed by atoms with Crippen molar-refractivity contribution in [2.75, 3.05) is 20.3 Å². The molecule has 0 saturated heterocycles. The molecule has 0 aromatic carbocycles. The monoisotopic (exact) mass is 341 g/mol. The molecule has 1 amide bonds. The van der Waals surface area contributed by atoms with Gasteiger partial charge in [0.15, 0.2) is 11.8 Å². The highest BCUT2D eigenvalue weighted by molar-refractivity contribution is 5.82. The first-order chi connectivity index (χ1) is 11.2. The largest absolute Gasteiger partial charge is 0.467 e. The summed E-state index contributed by atoms with van der Waals surface area (Å²) in [6.07, 6.45) is 3.95. The van der Waals surface area contributed by atoms with Gasteiger partial charge in [0.25, 0.3) is 0 Å². The molecule has 0 radical (unpaired) electrons. The van der Waals surface area contributed by atoms with Crippen LogP contribution in [0.2, 0.25) is 0 Å². The average Bonchev–Trinajstić information content (AvgIpc) is 2.96. The maximum atomic E-state index is 11.7. The minimum absolute atomic E-state index is 0.113. The third kappa shape index (κ3) is 7.73. The summed E-state index contributed by atoms with van der Waals surface area (Å²) >= 11 is 0. The van der Waals surface area contributed by atoms with Crippen LogP contribution in [0.15, 0.2) is 18.7 Å². The number of alkyl carbamates (subject to hydrolysis) is 1. The molecule has 1 rings (SSSR count). The summed E-state index contributed by atoms with van der Waals surface area (Å²) in [6.45, 7) is 4.80. The highest BCUT2D eigenvalue weighted by Crippen LogP contribution is 2.07. The van der Waals surface area contributed by atoms with E-state index in [1.54, 1.807) is 37.7 Å². The molecule has 0 spiro atoms. The zero-order valence-corrected chi connectivity index (χ0v) is 14.3. The Kier molecular flexibility index (Phi) is 7.37. The Morgan fingerprint density at radius 2 is 2.00 bits per heavy atom. The van der Waals surface area contributed by atoms with Crippen LogP contribution in [0, 0.1) is 0 Å². The maximum Gasteiger partial charge on any atom is 0.408 e. The molecule has 0 aliphatic heterocycles. The van der Waals surface area contributed by atoms with Gasteiger partial charge in [0, 0.05) is 12.4 Å². The van der Waals surface area contributed by atoms with E-state index < -0.39 is 23.7 Å². The van der Waals surface area contributed by atoms with Crippen molar-refractivity contribution in [2.24, 2.45) is 0 Å². The molecule has 0 bridgehead atoms. The summed E-state index contributed by atoms with van der Waals surface area (Å²) < 4.78 is 16.5. The van der Waals surface area contributed by atoms with Gasteiger partial charge in [0.05, 0.1) is 26.6 Å². The van der Waals surface area contributed by atoms with Crippen molar-refractivity contribution in [3.05, 3.63) is 18.7 Å². The van der Waals surface area contributed by atoms with Crippen LogP contribution in [0.4, 0.5) is 4.79 Å². The van der Waals surface area contributed by atoms with Gasteiger partial charge in [0.1, 0.15) is 12.2 Å². The second-order valence-corrected chi connectivity index (χ2v) is 6.01. The van der Waals surface area contributed by atoms with Gasteiger partial charge < -0.3 is 24.1 Å². The zero-order valence-electron chi connectivity index (χ0n) is 14.3. The first-order valence-corrected chi connectivity index (χ1v) is 7.34. The number of nitrogens with zero attached hydrogens (tertiary/aromatic N) is 2. The van der Waals surface area contributed by atoms with Gasteiger partial charge in [0.2, 0.25) is 0 Å². The van der Waals surface area contributed by atoms with Gasteiger partial charge in [-0.25, -0.2) is 14.6 Å². The number of esters is 1. The van der Waals surface area contributed by atoms with Crippen molar-refractivity contribution in [3.63, 3.8) is 0 Å². The van der Waals surface area contributed by atoms with Gasteiger partial charge in [-0.1, -0.05) is 0 Å². The minimum Gasteiger partial charge on any atom is -0.467 e. The number of hydrogen-bond donors (Lipinski definition) is 1. The lowest BCUT2D eigenvalue weighted by atomic mass is 10.2. The Morgan fingerprint density at radius 1 is 1.29 bits per heavy atom. The van der Waals surface area contributed by atoms with E-state index in [2.05, 4.69) is 15.0 Å². The summed E-state index contributed by atoms with van der Waals surface area (Å²) in [5, 5.41) is 2.36. The summed E-state index contributed by atoms with van der Waals surface area (Å²) in [5.74, 6) is -0.892. The van der Waals surface area contributed by atoms with Crippen molar-refractivity contribution >= 4 is 17.8 Å². The molecule has 1 aromatic rings. The lowest BCUT2D eigenvalue weighted by Gasteiger charge is -2.22. The van der Waals surface area contributed by atoms with Crippen molar-refractivity contribution in [1.29, 1.82) is 0 Å². The summed E-state index contributed by atoms with van der Waals surface area (Å²) in [4.78, 5) is 39.0. The van der Waals surface area contributed by atoms with Crippen molar-refractivity contribution < 1.29 is 28.6 Å². The molecular formula is C15H23N3O6. The number of carbonyl (C=O) groups excluding carboxylic acids is 3. The normalized spacial score (nSPS) is 12.3. The van der Waals surface area contributed by atoms with E-state index in [4.69, 9.17) is 9.47 Å². The molecular weight excluding hydrogens is 318 g/mol. The van der Waals surface area contributed by atoms with E-state index in [-0.39, 0.29) is 25.5 Å². The van der Waals surface area contributed by atoms with Crippen LogP contribution in [0.1, 0.15) is 20.8 Å². The van der Waals surface area contributed by atoms with Crippen LogP contribution in [-0.4, -0.2) is 59.4 Å². The van der Waals surface area contributed by atoms with Gasteiger partial charge in [-0.2, -0.15) is 0 Å². The molecule has 1 heterocycles. The number of nitrogens with one attached hydrogen (secondary N) is 1. The molecule has 1 aromatic heterocycles. The first kappa shape index (κ1) is 19.6. The SMILES string of the molecule is COC(=O)[C@H](COCC(=O)Cn1ccnc1)NC(=O)OC(C)(C)C. The third-order valence-corrected chi connectivity index (χ3v) is 2.64. The summed E-state index contributed by atoms with van der Waals surface area (Å²) in [7, 11) is 1.19. The summed E-state index contributed by atoms with van der Waals surface area (Å²) in [6, 6.07) is -1.06. The average molecular weight is 341 g/mol. The smallest absolute Gasteiger partial charge is 0.408 e. The van der Waals surface area contributed by atoms with Crippen LogP contribution in [0.5, 0.6) is 0 Å². The Hall–Kier alpha value is -2.42. The van der Waals surface area contributed by atoms with E-state index in [1.807, 2.05) is 0 Å². The quantitative estimate of drug-likeness (QED) is 0.687. The second-order valence-electron chi connectivity index (χ2n) is 6.01. The predicted octanol–water partition coefficient (Wildman–Crippen LogP) is 0.535. The van der Waals surface area contributed by atoms with Crippen molar-refractivity contribution in [2.45, 2.75) is 39.0 Å². The molecule has 9 heteroatoms. The molecule has 0 fully saturated rings. The molecule has 24 heavy (non-hydrogen) atoms. The first-order valence-electron chi connectivity index (χ1n) is 7.34. The molecule has 1 atom stereocenters.